The Kier molecular flexibility index (Phi) is 6.23. The van der Waals surface area contributed by atoms with Crippen molar-refractivity contribution in [1.29, 1.82) is 5.26 Å². The highest BCUT2D eigenvalue weighted by atomic mass is 35.5. The van der Waals surface area contributed by atoms with Crippen molar-refractivity contribution in [2.75, 3.05) is 19.6 Å². The van der Waals surface area contributed by atoms with Crippen LogP contribution in [-0.4, -0.2) is 57.7 Å². The zero-order chi connectivity index (χ0) is 19.4. The molecule has 1 amide bonds. The van der Waals surface area contributed by atoms with Gasteiger partial charge in [0.1, 0.15) is 5.41 Å². The molecule has 0 aromatic carbocycles. The number of halogens is 1. The number of nitriles is 1. The Morgan fingerprint density at radius 1 is 1.44 bits per heavy atom. The van der Waals surface area contributed by atoms with Crippen LogP contribution in [0.2, 0.25) is 5.02 Å². The predicted octanol–water partition coefficient (Wildman–Crippen LogP) is 3.90. The molecule has 1 unspecified atom stereocenters. The molecule has 2 fully saturated rings. The molecule has 1 aromatic heterocycles. The van der Waals surface area contributed by atoms with Crippen molar-refractivity contribution >= 4 is 17.7 Å². The summed E-state index contributed by atoms with van der Waals surface area (Å²) in [6.45, 7) is 4.34. The average molecular weight is 391 g/mol. The standard InChI is InChI=1S/C20H27ClN4O2/c1-2-15-13-24(11-4-12-25(15)19(26)27)16-6-8-20(14-22,9-7-16)18-17(21)5-3-10-23-18/h3,5,10,15-16H,2,4,6-9,11-13H2,1H3,(H,26,27). The zero-order valence-electron chi connectivity index (χ0n) is 15.8. The summed E-state index contributed by atoms with van der Waals surface area (Å²) in [5.41, 5.74) is 0.0878. The lowest BCUT2D eigenvalue weighted by atomic mass is 9.70. The summed E-state index contributed by atoms with van der Waals surface area (Å²) in [4.78, 5) is 20.0. The van der Waals surface area contributed by atoms with Gasteiger partial charge < -0.3 is 10.0 Å². The smallest absolute Gasteiger partial charge is 0.407 e. The summed E-state index contributed by atoms with van der Waals surface area (Å²) in [5.74, 6) is 0. The highest BCUT2D eigenvalue weighted by Crippen LogP contribution is 2.42. The van der Waals surface area contributed by atoms with E-state index < -0.39 is 11.5 Å². The van der Waals surface area contributed by atoms with E-state index in [-0.39, 0.29) is 6.04 Å². The van der Waals surface area contributed by atoms with E-state index in [0.29, 0.717) is 23.3 Å². The first kappa shape index (κ1) is 19.9. The Labute approximate surface area is 165 Å². The van der Waals surface area contributed by atoms with E-state index in [0.717, 1.165) is 51.6 Å². The highest BCUT2D eigenvalue weighted by molar-refractivity contribution is 6.31. The Morgan fingerprint density at radius 2 is 2.19 bits per heavy atom. The number of carboxylic acid groups (broad SMARTS) is 1. The van der Waals surface area contributed by atoms with Crippen LogP contribution in [0, 0.1) is 11.3 Å². The van der Waals surface area contributed by atoms with Crippen molar-refractivity contribution in [1.82, 2.24) is 14.8 Å². The van der Waals surface area contributed by atoms with E-state index in [4.69, 9.17) is 11.6 Å². The van der Waals surface area contributed by atoms with Crippen molar-refractivity contribution in [3.8, 4) is 6.07 Å². The Balaban J connectivity index is 1.70. The van der Waals surface area contributed by atoms with E-state index in [1.807, 2.05) is 0 Å². The number of pyridine rings is 1. The van der Waals surface area contributed by atoms with E-state index in [2.05, 4.69) is 22.9 Å². The van der Waals surface area contributed by atoms with Crippen molar-refractivity contribution in [2.45, 2.75) is 62.9 Å². The number of rotatable bonds is 3. The normalized spacial score (nSPS) is 29.7. The monoisotopic (exact) mass is 390 g/mol. The second kappa shape index (κ2) is 8.45. The third kappa shape index (κ3) is 4.04. The van der Waals surface area contributed by atoms with Crippen LogP contribution in [0.1, 0.15) is 51.1 Å². The lowest BCUT2D eigenvalue weighted by molar-refractivity contribution is 0.101. The van der Waals surface area contributed by atoms with Gasteiger partial charge >= 0.3 is 6.09 Å². The van der Waals surface area contributed by atoms with Crippen molar-refractivity contribution in [3.63, 3.8) is 0 Å². The summed E-state index contributed by atoms with van der Waals surface area (Å²) < 4.78 is 0. The lowest BCUT2D eigenvalue weighted by Crippen LogP contribution is -2.48. The fourth-order valence-electron chi connectivity index (χ4n) is 4.62. The van der Waals surface area contributed by atoms with Gasteiger partial charge in [0.15, 0.2) is 0 Å². The lowest BCUT2D eigenvalue weighted by Gasteiger charge is -2.41. The molecular formula is C20H27ClN4O2. The predicted molar refractivity (Wildman–Crippen MR) is 104 cm³/mol. The van der Waals surface area contributed by atoms with E-state index in [1.54, 1.807) is 23.2 Å². The molecule has 1 N–H and O–H groups in total. The Morgan fingerprint density at radius 3 is 2.78 bits per heavy atom. The molecule has 146 valence electrons. The SMILES string of the molecule is CCC1CN(C2CCC(C#N)(c3ncccc3Cl)CC2)CCCN1C(=O)O. The van der Waals surface area contributed by atoms with Crippen molar-refractivity contribution in [2.24, 2.45) is 0 Å². The van der Waals surface area contributed by atoms with Gasteiger partial charge in [-0.25, -0.2) is 4.79 Å². The third-order valence-corrected chi connectivity index (χ3v) is 6.50. The molecule has 2 aliphatic rings. The molecule has 1 saturated carbocycles. The number of carbonyl (C=O) groups is 1. The maximum atomic E-state index is 11.5. The Bertz CT molecular complexity index is 712. The van der Waals surface area contributed by atoms with Crippen LogP contribution in [0.25, 0.3) is 0 Å². The fourth-order valence-corrected chi connectivity index (χ4v) is 4.92. The van der Waals surface area contributed by atoms with Gasteiger partial charge in [0, 0.05) is 37.9 Å². The minimum Gasteiger partial charge on any atom is -0.465 e. The van der Waals surface area contributed by atoms with Gasteiger partial charge in [-0.15, -0.1) is 0 Å². The first-order chi connectivity index (χ1) is 13.0. The van der Waals surface area contributed by atoms with Crippen LogP contribution in [0.15, 0.2) is 18.3 Å². The second-order valence-electron chi connectivity index (χ2n) is 7.65. The van der Waals surface area contributed by atoms with Crippen LogP contribution in [0.5, 0.6) is 0 Å². The number of nitrogens with zero attached hydrogens (tertiary/aromatic N) is 4. The summed E-state index contributed by atoms with van der Waals surface area (Å²) >= 11 is 6.33. The topological polar surface area (TPSA) is 80.5 Å². The van der Waals surface area contributed by atoms with E-state index >= 15 is 0 Å². The molecule has 2 heterocycles. The summed E-state index contributed by atoms with van der Waals surface area (Å²) in [7, 11) is 0. The molecule has 6 nitrogen and oxygen atoms in total. The molecule has 1 saturated heterocycles. The van der Waals surface area contributed by atoms with Gasteiger partial charge in [-0.1, -0.05) is 18.5 Å². The van der Waals surface area contributed by atoms with Gasteiger partial charge in [-0.05, 0) is 50.7 Å². The average Bonchev–Trinajstić information content (AvgIpc) is 2.91. The molecule has 1 aliphatic carbocycles. The highest BCUT2D eigenvalue weighted by Gasteiger charge is 2.42. The van der Waals surface area contributed by atoms with E-state index in [9.17, 15) is 15.2 Å². The molecule has 27 heavy (non-hydrogen) atoms. The largest absolute Gasteiger partial charge is 0.465 e. The Hall–Kier alpha value is -1.84. The van der Waals surface area contributed by atoms with Crippen LogP contribution < -0.4 is 0 Å². The number of aromatic nitrogens is 1. The quantitative estimate of drug-likeness (QED) is 0.846. The van der Waals surface area contributed by atoms with Gasteiger partial charge in [0.05, 0.1) is 16.8 Å². The van der Waals surface area contributed by atoms with Gasteiger partial charge in [-0.3, -0.25) is 9.88 Å². The maximum absolute atomic E-state index is 11.5. The molecule has 0 spiro atoms. The van der Waals surface area contributed by atoms with Crippen LogP contribution in [0.3, 0.4) is 0 Å². The second-order valence-corrected chi connectivity index (χ2v) is 8.05. The summed E-state index contributed by atoms with van der Waals surface area (Å²) in [6.07, 6.45) is 5.85. The summed E-state index contributed by atoms with van der Waals surface area (Å²) in [6, 6.07) is 6.52. The minimum atomic E-state index is -0.819. The first-order valence-corrected chi connectivity index (χ1v) is 10.1. The zero-order valence-corrected chi connectivity index (χ0v) is 16.5. The molecule has 0 bridgehead atoms. The number of amides is 1. The van der Waals surface area contributed by atoms with Crippen LogP contribution in [-0.2, 0) is 5.41 Å². The van der Waals surface area contributed by atoms with Gasteiger partial charge in [0.25, 0.3) is 0 Å². The molecule has 0 radical (unpaired) electrons. The first-order valence-electron chi connectivity index (χ1n) is 9.76. The number of hydrogen-bond acceptors (Lipinski definition) is 4. The van der Waals surface area contributed by atoms with Crippen LogP contribution in [0.4, 0.5) is 4.79 Å². The molecule has 1 aromatic rings. The molecular weight excluding hydrogens is 364 g/mol. The van der Waals surface area contributed by atoms with Crippen molar-refractivity contribution in [3.05, 3.63) is 29.0 Å². The molecule has 3 rings (SSSR count). The molecule has 1 atom stereocenters. The summed E-state index contributed by atoms with van der Waals surface area (Å²) in [5, 5.41) is 19.9. The third-order valence-electron chi connectivity index (χ3n) is 6.20. The molecule has 1 aliphatic heterocycles. The fraction of sp³-hybridized carbons (Fsp3) is 0.650. The van der Waals surface area contributed by atoms with Crippen molar-refractivity contribution < 1.29 is 9.90 Å². The van der Waals surface area contributed by atoms with Gasteiger partial charge in [-0.2, -0.15) is 5.26 Å². The minimum absolute atomic E-state index is 0.0397. The van der Waals surface area contributed by atoms with Gasteiger partial charge in [0.2, 0.25) is 0 Å². The maximum Gasteiger partial charge on any atom is 0.407 e. The van der Waals surface area contributed by atoms with E-state index in [1.165, 1.54) is 0 Å². The number of hydrogen-bond donors (Lipinski definition) is 1. The van der Waals surface area contributed by atoms with Crippen LogP contribution >= 0.6 is 11.6 Å². The molecule has 7 heteroatoms.